The molecule has 0 atom stereocenters. The molecule has 0 saturated carbocycles. The van der Waals surface area contributed by atoms with Crippen molar-refractivity contribution in [2.75, 3.05) is 20.3 Å². The number of hydrogen-bond donors (Lipinski definition) is 2. The molecular formula is C9H20N2OS. The van der Waals surface area contributed by atoms with E-state index < -0.39 is 0 Å². The van der Waals surface area contributed by atoms with Gasteiger partial charge in [0.15, 0.2) is 5.11 Å². The Balaban J connectivity index is 3.41. The van der Waals surface area contributed by atoms with Crippen LogP contribution in [0.3, 0.4) is 0 Å². The molecule has 0 aromatic heterocycles. The first-order valence-electron chi connectivity index (χ1n) is 4.50. The van der Waals surface area contributed by atoms with Gasteiger partial charge in [-0.1, -0.05) is 0 Å². The molecule has 0 amide bonds. The maximum atomic E-state index is 5.09. The van der Waals surface area contributed by atoms with Gasteiger partial charge in [-0.25, -0.2) is 0 Å². The summed E-state index contributed by atoms with van der Waals surface area (Å²) < 4.78 is 4.92. The van der Waals surface area contributed by atoms with E-state index in [0.717, 1.165) is 19.6 Å². The summed E-state index contributed by atoms with van der Waals surface area (Å²) in [5.41, 5.74) is 0.0331. The zero-order valence-corrected chi connectivity index (χ0v) is 9.75. The third kappa shape index (κ3) is 9.56. The Kier molecular flexibility index (Phi) is 5.99. The number of rotatable bonds is 4. The van der Waals surface area contributed by atoms with Gasteiger partial charge in [0.25, 0.3) is 0 Å². The molecule has 0 fully saturated rings. The molecule has 0 aliphatic rings. The topological polar surface area (TPSA) is 33.3 Å². The molecule has 0 spiro atoms. The molecule has 0 aliphatic heterocycles. The van der Waals surface area contributed by atoms with E-state index in [2.05, 4.69) is 31.4 Å². The maximum Gasteiger partial charge on any atom is 0.166 e. The van der Waals surface area contributed by atoms with Crippen molar-refractivity contribution in [2.24, 2.45) is 0 Å². The van der Waals surface area contributed by atoms with Gasteiger partial charge in [0.05, 0.1) is 0 Å². The van der Waals surface area contributed by atoms with Crippen LogP contribution in [0.25, 0.3) is 0 Å². The van der Waals surface area contributed by atoms with Crippen LogP contribution in [0, 0.1) is 0 Å². The number of nitrogens with one attached hydrogen (secondary N) is 2. The molecule has 0 aromatic carbocycles. The molecule has 0 heterocycles. The minimum atomic E-state index is 0.0331. The average Bonchev–Trinajstić information content (AvgIpc) is 1.94. The first-order chi connectivity index (χ1) is 5.95. The number of methoxy groups -OCH3 is 1. The fraction of sp³-hybridized carbons (Fsp3) is 0.889. The van der Waals surface area contributed by atoms with Crippen molar-refractivity contribution in [3.05, 3.63) is 0 Å². The van der Waals surface area contributed by atoms with Crippen molar-refractivity contribution in [3.63, 3.8) is 0 Å². The minimum absolute atomic E-state index is 0.0331. The lowest BCUT2D eigenvalue weighted by molar-refractivity contribution is 0.195. The average molecular weight is 204 g/mol. The van der Waals surface area contributed by atoms with Crippen molar-refractivity contribution in [1.82, 2.24) is 10.6 Å². The van der Waals surface area contributed by atoms with Crippen LogP contribution in [-0.2, 0) is 4.74 Å². The van der Waals surface area contributed by atoms with Crippen LogP contribution in [0.4, 0.5) is 0 Å². The predicted molar refractivity (Wildman–Crippen MR) is 60.0 cm³/mol. The molecule has 4 heteroatoms. The molecule has 0 bridgehead atoms. The molecule has 78 valence electrons. The summed E-state index contributed by atoms with van der Waals surface area (Å²) in [5.74, 6) is 0. The Bertz CT molecular complexity index is 154. The summed E-state index contributed by atoms with van der Waals surface area (Å²) >= 11 is 5.09. The minimum Gasteiger partial charge on any atom is -0.385 e. The lowest BCUT2D eigenvalue weighted by Crippen LogP contribution is -2.46. The largest absolute Gasteiger partial charge is 0.385 e. The van der Waals surface area contributed by atoms with Crippen LogP contribution < -0.4 is 10.6 Å². The van der Waals surface area contributed by atoms with Gasteiger partial charge in [-0.2, -0.15) is 0 Å². The molecule has 0 aliphatic carbocycles. The summed E-state index contributed by atoms with van der Waals surface area (Å²) in [6, 6.07) is 0. The predicted octanol–water partition coefficient (Wildman–Crippen LogP) is 1.29. The second kappa shape index (κ2) is 6.16. The van der Waals surface area contributed by atoms with Gasteiger partial charge < -0.3 is 15.4 Å². The van der Waals surface area contributed by atoms with Crippen LogP contribution >= 0.6 is 12.2 Å². The monoisotopic (exact) mass is 204 g/mol. The van der Waals surface area contributed by atoms with Crippen LogP contribution in [0.2, 0.25) is 0 Å². The van der Waals surface area contributed by atoms with Crippen molar-refractivity contribution < 1.29 is 4.74 Å². The van der Waals surface area contributed by atoms with Crippen LogP contribution in [0.5, 0.6) is 0 Å². The number of hydrogen-bond acceptors (Lipinski definition) is 2. The Morgan fingerprint density at radius 2 is 2.00 bits per heavy atom. The van der Waals surface area contributed by atoms with Crippen LogP contribution in [0.15, 0.2) is 0 Å². The second-order valence-corrected chi connectivity index (χ2v) is 4.39. The standard InChI is InChI=1S/C9H20N2OS/c1-9(2,3)11-8(13)10-6-5-7-12-4/h5-7H2,1-4H3,(H2,10,11,13). The summed E-state index contributed by atoms with van der Waals surface area (Å²) in [4.78, 5) is 0. The smallest absolute Gasteiger partial charge is 0.166 e. The van der Waals surface area contributed by atoms with Gasteiger partial charge in [-0.3, -0.25) is 0 Å². The summed E-state index contributed by atoms with van der Waals surface area (Å²) in [6.45, 7) is 7.86. The molecule has 2 N–H and O–H groups in total. The normalized spacial score (nSPS) is 11.1. The maximum absolute atomic E-state index is 5.09. The zero-order chi connectivity index (χ0) is 10.3. The molecule has 0 radical (unpaired) electrons. The van der Waals surface area contributed by atoms with Crippen molar-refractivity contribution in [2.45, 2.75) is 32.7 Å². The Morgan fingerprint density at radius 3 is 2.46 bits per heavy atom. The van der Waals surface area contributed by atoms with E-state index in [0.29, 0.717) is 5.11 Å². The zero-order valence-electron chi connectivity index (χ0n) is 8.94. The van der Waals surface area contributed by atoms with E-state index in [-0.39, 0.29) is 5.54 Å². The van der Waals surface area contributed by atoms with E-state index in [1.54, 1.807) is 7.11 Å². The van der Waals surface area contributed by atoms with E-state index in [4.69, 9.17) is 17.0 Å². The van der Waals surface area contributed by atoms with E-state index in [1.165, 1.54) is 0 Å². The molecule has 0 rings (SSSR count). The number of thiocarbonyl (C=S) groups is 1. The number of ether oxygens (including phenoxy) is 1. The van der Waals surface area contributed by atoms with Crippen LogP contribution in [-0.4, -0.2) is 30.9 Å². The van der Waals surface area contributed by atoms with Gasteiger partial charge in [-0.05, 0) is 39.4 Å². The van der Waals surface area contributed by atoms with E-state index >= 15 is 0 Å². The quantitative estimate of drug-likeness (QED) is 0.534. The molecule has 0 unspecified atom stereocenters. The SMILES string of the molecule is COCCCNC(=S)NC(C)(C)C. The van der Waals surface area contributed by atoms with E-state index in [1.807, 2.05) is 0 Å². The fourth-order valence-electron chi connectivity index (χ4n) is 0.803. The van der Waals surface area contributed by atoms with Gasteiger partial charge in [0.1, 0.15) is 0 Å². The Hall–Kier alpha value is -0.350. The van der Waals surface area contributed by atoms with Gasteiger partial charge in [0, 0.05) is 25.8 Å². The molecule has 3 nitrogen and oxygen atoms in total. The summed E-state index contributed by atoms with van der Waals surface area (Å²) in [6.07, 6.45) is 0.975. The van der Waals surface area contributed by atoms with Crippen molar-refractivity contribution in [3.8, 4) is 0 Å². The highest BCUT2D eigenvalue weighted by atomic mass is 32.1. The fourth-order valence-corrected chi connectivity index (χ4v) is 1.21. The Morgan fingerprint density at radius 1 is 1.38 bits per heavy atom. The Labute approximate surface area is 86.2 Å². The van der Waals surface area contributed by atoms with Gasteiger partial charge in [-0.15, -0.1) is 0 Å². The second-order valence-electron chi connectivity index (χ2n) is 3.98. The lowest BCUT2D eigenvalue weighted by Gasteiger charge is -2.22. The first-order valence-corrected chi connectivity index (χ1v) is 4.91. The lowest BCUT2D eigenvalue weighted by atomic mass is 10.1. The third-order valence-electron chi connectivity index (χ3n) is 1.30. The van der Waals surface area contributed by atoms with Crippen molar-refractivity contribution in [1.29, 1.82) is 0 Å². The third-order valence-corrected chi connectivity index (χ3v) is 1.55. The van der Waals surface area contributed by atoms with Gasteiger partial charge >= 0.3 is 0 Å². The molecule has 0 saturated heterocycles. The highest BCUT2D eigenvalue weighted by Gasteiger charge is 2.09. The summed E-state index contributed by atoms with van der Waals surface area (Å²) in [7, 11) is 1.70. The first kappa shape index (κ1) is 12.7. The van der Waals surface area contributed by atoms with Crippen LogP contribution in [0.1, 0.15) is 27.2 Å². The van der Waals surface area contributed by atoms with E-state index in [9.17, 15) is 0 Å². The highest BCUT2D eigenvalue weighted by molar-refractivity contribution is 7.80. The van der Waals surface area contributed by atoms with Crippen molar-refractivity contribution >= 4 is 17.3 Å². The summed E-state index contributed by atoms with van der Waals surface area (Å²) in [5, 5.41) is 7.00. The van der Waals surface area contributed by atoms with Gasteiger partial charge in [0.2, 0.25) is 0 Å². The molecule has 13 heavy (non-hydrogen) atoms. The highest BCUT2D eigenvalue weighted by Crippen LogP contribution is 1.97. The molecule has 0 aromatic rings. The molecular weight excluding hydrogens is 184 g/mol.